The fraction of sp³-hybridized carbons (Fsp3) is 0.800. The van der Waals surface area contributed by atoms with E-state index < -0.39 is 23.5 Å². The van der Waals surface area contributed by atoms with E-state index in [0.29, 0.717) is 44.1 Å². The summed E-state index contributed by atoms with van der Waals surface area (Å²) < 4.78 is 5.30. The highest BCUT2D eigenvalue weighted by atomic mass is 16.5. The number of hydrogen-bond acceptors (Lipinski definition) is 6. The van der Waals surface area contributed by atoms with Crippen molar-refractivity contribution >= 4 is 18.3 Å². The van der Waals surface area contributed by atoms with Crippen LogP contribution in [0.2, 0.25) is 0 Å². The Morgan fingerprint density at radius 1 is 1.42 bits per heavy atom. The molecule has 0 bridgehead atoms. The second-order valence-corrected chi connectivity index (χ2v) is 6.23. The molecule has 2 fully saturated rings. The van der Waals surface area contributed by atoms with Gasteiger partial charge in [-0.2, -0.15) is 0 Å². The third kappa shape index (κ3) is 4.03. The molecule has 0 aromatic rings. The zero-order valence-electron chi connectivity index (χ0n) is 14.0. The highest BCUT2D eigenvalue weighted by molar-refractivity contribution is 6.07. The van der Waals surface area contributed by atoms with E-state index in [1.807, 2.05) is 6.92 Å². The van der Waals surface area contributed by atoms with Gasteiger partial charge in [-0.3, -0.25) is 25.0 Å². The van der Waals surface area contributed by atoms with Gasteiger partial charge in [0.15, 0.2) is 0 Å². The van der Waals surface area contributed by atoms with Gasteiger partial charge in [0, 0.05) is 19.6 Å². The maximum atomic E-state index is 12.4. The zero-order chi connectivity index (χ0) is 17.6. The van der Waals surface area contributed by atoms with Gasteiger partial charge < -0.3 is 10.1 Å². The minimum Gasteiger partial charge on any atom is -0.379 e. The van der Waals surface area contributed by atoms with E-state index in [2.05, 4.69) is 15.5 Å². The third-order valence-electron chi connectivity index (χ3n) is 4.71. The number of amides is 4. The molecule has 2 aliphatic rings. The summed E-state index contributed by atoms with van der Waals surface area (Å²) in [5, 5.41) is 15.5. The number of nitrogens with zero attached hydrogens (tertiary/aromatic N) is 2. The first-order chi connectivity index (χ1) is 11.5. The third-order valence-corrected chi connectivity index (χ3v) is 4.71. The molecule has 0 saturated carbocycles. The summed E-state index contributed by atoms with van der Waals surface area (Å²) >= 11 is 0. The van der Waals surface area contributed by atoms with Crippen LogP contribution in [0.5, 0.6) is 0 Å². The molecular weight excluding hydrogens is 316 g/mol. The van der Waals surface area contributed by atoms with Crippen molar-refractivity contribution in [1.29, 1.82) is 0 Å². The highest BCUT2D eigenvalue weighted by Gasteiger charge is 2.53. The maximum absolute atomic E-state index is 12.4. The lowest BCUT2D eigenvalue weighted by molar-refractivity contribution is -0.171. The van der Waals surface area contributed by atoms with Crippen molar-refractivity contribution in [2.75, 3.05) is 32.8 Å². The number of carbonyl (C=O) groups is 3. The molecule has 3 N–H and O–H groups in total. The number of nitrogens with one attached hydrogen (secondary N) is 2. The van der Waals surface area contributed by atoms with Crippen LogP contribution in [0, 0.1) is 0 Å². The minimum absolute atomic E-state index is 0.287. The van der Waals surface area contributed by atoms with E-state index in [0.717, 1.165) is 19.5 Å². The molecule has 0 spiro atoms. The topological polar surface area (TPSA) is 111 Å². The molecule has 0 radical (unpaired) electrons. The molecule has 0 aliphatic carbocycles. The molecule has 2 heterocycles. The molecule has 2 aliphatic heterocycles. The molecule has 9 heteroatoms. The molecule has 0 aromatic carbocycles. The van der Waals surface area contributed by atoms with Crippen LogP contribution in [-0.2, 0) is 14.3 Å². The number of morpholine rings is 1. The van der Waals surface area contributed by atoms with Crippen LogP contribution in [-0.4, -0.2) is 77.9 Å². The van der Waals surface area contributed by atoms with Gasteiger partial charge in [0.25, 0.3) is 5.91 Å². The van der Waals surface area contributed by atoms with Gasteiger partial charge in [-0.05, 0) is 12.8 Å². The Morgan fingerprint density at radius 2 is 2.12 bits per heavy atom. The summed E-state index contributed by atoms with van der Waals surface area (Å²) in [4.78, 5) is 37.4. The van der Waals surface area contributed by atoms with Crippen LogP contribution in [0.1, 0.15) is 32.6 Å². The molecule has 24 heavy (non-hydrogen) atoms. The number of urea groups is 1. The van der Waals surface area contributed by atoms with Crippen molar-refractivity contribution in [3.63, 3.8) is 0 Å². The number of rotatable bonds is 9. The lowest BCUT2D eigenvalue weighted by Gasteiger charge is -2.38. The molecule has 2 saturated heterocycles. The van der Waals surface area contributed by atoms with Gasteiger partial charge in [0.05, 0.1) is 19.3 Å². The lowest BCUT2D eigenvalue weighted by Crippen LogP contribution is -2.62. The lowest BCUT2D eigenvalue weighted by atomic mass is 9.82. The average molecular weight is 342 g/mol. The van der Waals surface area contributed by atoms with Gasteiger partial charge in [-0.25, -0.2) is 9.86 Å². The van der Waals surface area contributed by atoms with Crippen LogP contribution in [0.25, 0.3) is 0 Å². The monoisotopic (exact) mass is 342 g/mol. The Labute approximate surface area is 141 Å². The van der Waals surface area contributed by atoms with Crippen molar-refractivity contribution in [1.82, 2.24) is 20.6 Å². The van der Waals surface area contributed by atoms with E-state index in [4.69, 9.17) is 4.74 Å². The second kappa shape index (κ2) is 8.41. The SMILES string of the molecule is CCCCC1([C@H](CCN2CCOCC2)N(O)C=O)NC(=O)NC1=O. The van der Waals surface area contributed by atoms with Crippen molar-refractivity contribution in [3.8, 4) is 0 Å². The Balaban J connectivity index is 2.16. The predicted octanol–water partition coefficient (Wildman–Crippen LogP) is -0.307. The van der Waals surface area contributed by atoms with E-state index >= 15 is 0 Å². The summed E-state index contributed by atoms with van der Waals surface area (Å²) in [6.07, 6.45) is 2.53. The number of imide groups is 1. The Kier molecular flexibility index (Phi) is 6.52. The maximum Gasteiger partial charge on any atom is 0.322 e. The first kappa shape index (κ1) is 18.6. The van der Waals surface area contributed by atoms with Crippen LogP contribution in [0.3, 0.4) is 0 Å². The molecule has 2 rings (SSSR count). The van der Waals surface area contributed by atoms with E-state index in [-0.39, 0.29) is 6.41 Å². The Morgan fingerprint density at radius 3 is 2.67 bits per heavy atom. The zero-order valence-corrected chi connectivity index (χ0v) is 14.0. The van der Waals surface area contributed by atoms with E-state index in [1.54, 1.807) is 0 Å². The van der Waals surface area contributed by atoms with Gasteiger partial charge >= 0.3 is 6.03 Å². The van der Waals surface area contributed by atoms with Gasteiger partial charge in [0.2, 0.25) is 6.41 Å². The second-order valence-electron chi connectivity index (χ2n) is 6.23. The summed E-state index contributed by atoms with van der Waals surface area (Å²) in [5.74, 6) is -0.492. The van der Waals surface area contributed by atoms with Gasteiger partial charge in [0.1, 0.15) is 5.54 Å². The normalized spacial score (nSPS) is 25.9. The van der Waals surface area contributed by atoms with Crippen molar-refractivity contribution in [2.24, 2.45) is 0 Å². The molecule has 1 unspecified atom stereocenters. The molecule has 4 amide bonds. The number of hydroxylamine groups is 2. The van der Waals surface area contributed by atoms with Crippen molar-refractivity contribution in [3.05, 3.63) is 0 Å². The van der Waals surface area contributed by atoms with Crippen LogP contribution in [0.4, 0.5) is 4.79 Å². The number of carbonyl (C=O) groups excluding carboxylic acids is 3. The molecule has 9 nitrogen and oxygen atoms in total. The summed E-state index contributed by atoms with van der Waals surface area (Å²) in [7, 11) is 0. The van der Waals surface area contributed by atoms with Crippen LogP contribution >= 0.6 is 0 Å². The van der Waals surface area contributed by atoms with Crippen molar-refractivity contribution in [2.45, 2.75) is 44.2 Å². The average Bonchev–Trinajstić information content (AvgIpc) is 2.88. The number of unbranched alkanes of at least 4 members (excludes halogenated alkanes) is 1. The summed E-state index contributed by atoms with van der Waals surface area (Å²) in [6.45, 7) is 5.37. The first-order valence-corrected chi connectivity index (χ1v) is 8.39. The van der Waals surface area contributed by atoms with Gasteiger partial charge in [-0.15, -0.1) is 0 Å². The largest absolute Gasteiger partial charge is 0.379 e. The van der Waals surface area contributed by atoms with Crippen LogP contribution < -0.4 is 10.6 Å². The fourth-order valence-corrected chi connectivity index (χ4v) is 3.35. The minimum atomic E-state index is -1.30. The molecular formula is C15H26N4O5. The first-order valence-electron chi connectivity index (χ1n) is 8.39. The molecule has 0 aromatic heterocycles. The molecule has 136 valence electrons. The van der Waals surface area contributed by atoms with E-state index in [9.17, 15) is 19.6 Å². The van der Waals surface area contributed by atoms with Gasteiger partial charge in [-0.1, -0.05) is 19.8 Å². The smallest absolute Gasteiger partial charge is 0.322 e. The number of hydrogen-bond donors (Lipinski definition) is 3. The molecule has 2 atom stereocenters. The quantitative estimate of drug-likeness (QED) is 0.229. The summed E-state index contributed by atoms with van der Waals surface area (Å²) in [6, 6.07) is -1.41. The van der Waals surface area contributed by atoms with Crippen LogP contribution in [0.15, 0.2) is 0 Å². The number of ether oxygens (including phenoxy) is 1. The van der Waals surface area contributed by atoms with E-state index in [1.165, 1.54) is 0 Å². The predicted molar refractivity (Wildman–Crippen MR) is 84.3 cm³/mol. The van der Waals surface area contributed by atoms with Crippen molar-refractivity contribution < 1.29 is 24.3 Å². The Hall–Kier alpha value is -1.71. The fourth-order valence-electron chi connectivity index (χ4n) is 3.35. The summed E-state index contributed by atoms with van der Waals surface area (Å²) in [5.41, 5.74) is -1.30. The standard InChI is InChI=1S/C15H26N4O5/c1-2-3-5-15(13(21)16-14(22)17-15)12(19(23)11-20)4-6-18-7-9-24-10-8-18/h11-12,23H,2-10H2,1H3,(H2,16,17,21,22)/t12-,15?/m0/s1. The Bertz CT molecular complexity index is 469. The highest BCUT2D eigenvalue weighted by Crippen LogP contribution is 2.28.